The number of nitro groups is 1. The molecule has 0 unspecified atom stereocenters. The van der Waals surface area contributed by atoms with Gasteiger partial charge in [-0.1, -0.05) is 12.1 Å². The number of ether oxygens (including phenoxy) is 1. The van der Waals surface area contributed by atoms with E-state index in [-0.39, 0.29) is 43.1 Å². The number of nitrogens with one attached hydrogen (secondary N) is 1. The molecule has 0 saturated heterocycles. The Hall–Kier alpha value is -2.44. The van der Waals surface area contributed by atoms with Crippen molar-refractivity contribution in [3.8, 4) is 0 Å². The smallest absolute Gasteiger partial charge is 0.307 e. The number of non-ortho nitro benzene ring substituents is 1. The number of amides is 1. The number of benzene rings is 1. The first-order valence-electron chi connectivity index (χ1n) is 6.58. The second kappa shape index (κ2) is 7.98. The van der Waals surface area contributed by atoms with Gasteiger partial charge in [0.2, 0.25) is 5.91 Å². The number of carbonyl (C=O) groups excluding carboxylic acids is 2. The van der Waals surface area contributed by atoms with Gasteiger partial charge in [-0.25, -0.2) is 0 Å². The van der Waals surface area contributed by atoms with E-state index in [4.69, 9.17) is 4.74 Å². The summed E-state index contributed by atoms with van der Waals surface area (Å²) in [4.78, 5) is 32.9. The average molecular weight is 294 g/mol. The maximum atomic E-state index is 11.6. The third kappa shape index (κ3) is 6.51. The van der Waals surface area contributed by atoms with Crippen LogP contribution >= 0.6 is 0 Å². The molecule has 21 heavy (non-hydrogen) atoms. The third-order valence-electron chi connectivity index (χ3n) is 2.53. The molecule has 0 heterocycles. The highest BCUT2D eigenvalue weighted by Crippen LogP contribution is 2.12. The molecule has 0 bridgehead atoms. The van der Waals surface area contributed by atoms with Crippen LogP contribution in [0.3, 0.4) is 0 Å². The van der Waals surface area contributed by atoms with Gasteiger partial charge in [0.25, 0.3) is 5.69 Å². The molecule has 1 aromatic carbocycles. The lowest BCUT2D eigenvalue weighted by atomic mass is 10.1. The minimum Gasteiger partial charge on any atom is -0.463 e. The van der Waals surface area contributed by atoms with Crippen molar-refractivity contribution in [2.24, 2.45) is 0 Å². The molecule has 1 aromatic rings. The summed E-state index contributed by atoms with van der Waals surface area (Å²) in [7, 11) is 0. The van der Waals surface area contributed by atoms with Gasteiger partial charge in [0.05, 0.1) is 23.9 Å². The van der Waals surface area contributed by atoms with Gasteiger partial charge in [-0.2, -0.15) is 0 Å². The normalized spacial score (nSPS) is 10.2. The summed E-state index contributed by atoms with van der Waals surface area (Å²) in [6.07, 6.45) is 0.0508. The Balaban J connectivity index is 2.33. The zero-order chi connectivity index (χ0) is 15.8. The molecule has 0 aliphatic carbocycles. The van der Waals surface area contributed by atoms with Crippen molar-refractivity contribution < 1.29 is 19.2 Å². The summed E-state index contributed by atoms with van der Waals surface area (Å²) in [5.74, 6) is -0.609. The molecule has 7 nitrogen and oxygen atoms in total. The third-order valence-corrected chi connectivity index (χ3v) is 2.53. The average Bonchev–Trinajstić information content (AvgIpc) is 2.38. The van der Waals surface area contributed by atoms with E-state index in [1.165, 1.54) is 24.3 Å². The molecule has 0 atom stereocenters. The predicted octanol–water partition coefficient (Wildman–Crippen LogP) is 1.60. The standard InChI is InChI=1S/C14H18N2O5/c1-10(2)21-14(18)7-8-15-13(17)9-11-3-5-12(6-4-11)16(19)20/h3-6,10H,7-9H2,1-2H3,(H,15,17). The molecule has 7 heteroatoms. The van der Waals surface area contributed by atoms with Crippen LogP contribution in [0, 0.1) is 10.1 Å². The number of rotatable bonds is 7. The van der Waals surface area contributed by atoms with Crippen LogP contribution in [0.5, 0.6) is 0 Å². The van der Waals surface area contributed by atoms with Gasteiger partial charge >= 0.3 is 5.97 Å². The van der Waals surface area contributed by atoms with Crippen molar-refractivity contribution in [2.75, 3.05) is 6.54 Å². The SMILES string of the molecule is CC(C)OC(=O)CCNC(=O)Cc1ccc([N+](=O)[O-])cc1. The van der Waals surface area contributed by atoms with Crippen LogP contribution < -0.4 is 5.32 Å². The second-order valence-electron chi connectivity index (χ2n) is 4.74. The van der Waals surface area contributed by atoms with Crippen molar-refractivity contribution >= 4 is 17.6 Å². The van der Waals surface area contributed by atoms with Crippen molar-refractivity contribution in [3.05, 3.63) is 39.9 Å². The van der Waals surface area contributed by atoms with E-state index in [9.17, 15) is 19.7 Å². The van der Waals surface area contributed by atoms with Gasteiger partial charge in [0, 0.05) is 18.7 Å². The molecule has 0 aliphatic rings. The van der Waals surface area contributed by atoms with Crippen LogP contribution in [-0.4, -0.2) is 29.4 Å². The lowest BCUT2D eigenvalue weighted by Crippen LogP contribution is -2.28. The quantitative estimate of drug-likeness (QED) is 0.468. The number of esters is 1. The topological polar surface area (TPSA) is 98.5 Å². The van der Waals surface area contributed by atoms with E-state index in [0.29, 0.717) is 5.56 Å². The molecule has 0 saturated carbocycles. The summed E-state index contributed by atoms with van der Waals surface area (Å²) in [6.45, 7) is 3.72. The first kappa shape index (κ1) is 16.6. The predicted molar refractivity (Wildman–Crippen MR) is 75.7 cm³/mol. The molecular formula is C14H18N2O5. The van der Waals surface area contributed by atoms with Crippen LogP contribution in [0.4, 0.5) is 5.69 Å². The van der Waals surface area contributed by atoms with E-state index >= 15 is 0 Å². The molecular weight excluding hydrogens is 276 g/mol. The van der Waals surface area contributed by atoms with Crippen LogP contribution in [0.1, 0.15) is 25.8 Å². The second-order valence-corrected chi connectivity index (χ2v) is 4.74. The van der Waals surface area contributed by atoms with Crippen molar-refractivity contribution in [2.45, 2.75) is 32.8 Å². The van der Waals surface area contributed by atoms with Crippen molar-refractivity contribution in [1.29, 1.82) is 0 Å². The maximum absolute atomic E-state index is 11.6. The van der Waals surface area contributed by atoms with E-state index in [2.05, 4.69) is 5.32 Å². The maximum Gasteiger partial charge on any atom is 0.307 e. The fraction of sp³-hybridized carbons (Fsp3) is 0.429. The summed E-state index contributed by atoms with van der Waals surface area (Å²) in [6, 6.07) is 5.76. The Bertz CT molecular complexity index is 511. The summed E-state index contributed by atoms with van der Waals surface area (Å²) < 4.78 is 4.93. The van der Waals surface area contributed by atoms with Gasteiger partial charge in [0.1, 0.15) is 0 Å². The largest absolute Gasteiger partial charge is 0.463 e. The van der Waals surface area contributed by atoms with Gasteiger partial charge in [-0.3, -0.25) is 19.7 Å². The van der Waals surface area contributed by atoms with E-state index < -0.39 is 4.92 Å². The molecule has 1 amide bonds. The summed E-state index contributed by atoms with van der Waals surface area (Å²) in [5, 5.41) is 13.1. The Kier molecular flexibility index (Phi) is 6.32. The van der Waals surface area contributed by atoms with E-state index in [1.807, 2.05) is 0 Å². The molecule has 1 N–H and O–H groups in total. The lowest BCUT2D eigenvalue weighted by Gasteiger charge is -2.08. The van der Waals surface area contributed by atoms with E-state index in [0.717, 1.165) is 0 Å². The molecule has 0 radical (unpaired) electrons. The number of hydrogen-bond donors (Lipinski definition) is 1. The highest BCUT2D eigenvalue weighted by atomic mass is 16.6. The lowest BCUT2D eigenvalue weighted by molar-refractivity contribution is -0.384. The molecule has 0 fully saturated rings. The first-order chi connectivity index (χ1) is 9.88. The minimum absolute atomic E-state index is 0.0180. The highest BCUT2D eigenvalue weighted by Gasteiger charge is 2.09. The number of carbonyl (C=O) groups is 2. The molecule has 0 aromatic heterocycles. The molecule has 0 aliphatic heterocycles. The van der Waals surface area contributed by atoms with Gasteiger partial charge < -0.3 is 10.1 Å². The molecule has 1 rings (SSSR count). The fourth-order valence-electron chi connectivity index (χ4n) is 1.61. The van der Waals surface area contributed by atoms with Crippen molar-refractivity contribution in [3.63, 3.8) is 0 Å². The van der Waals surface area contributed by atoms with Gasteiger partial charge in [0.15, 0.2) is 0 Å². The minimum atomic E-state index is -0.496. The Morgan fingerprint density at radius 1 is 1.29 bits per heavy atom. The number of nitrogens with zero attached hydrogens (tertiary/aromatic N) is 1. The fourth-order valence-corrected chi connectivity index (χ4v) is 1.61. The summed E-state index contributed by atoms with van der Waals surface area (Å²) in [5.41, 5.74) is 0.651. The van der Waals surface area contributed by atoms with Gasteiger partial charge in [-0.15, -0.1) is 0 Å². The molecule has 0 spiro atoms. The Morgan fingerprint density at radius 3 is 2.43 bits per heavy atom. The van der Waals surface area contributed by atoms with E-state index in [1.54, 1.807) is 13.8 Å². The zero-order valence-electron chi connectivity index (χ0n) is 12.0. The molecule has 114 valence electrons. The zero-order valence-corrected chi connectivity index (χ0v) is 12.0. The van der Waals surface area contributed by atoms with Gasteiger partial charge in [-0.05, 0) is 19.4 Å². The first-order valence-corrected chi connectivity index (χ1v) is 6.58. The Labute approximate surface area is 122 Å². The monoisotopic (exact) mass is 294 g/mol. The Morgan fingerprint density at radius 2 is 1.90 bits per heavy atom. The van der Waals surface area contributed by atoms with Crippen LogP contribution in [0.25, 0.3) is 0 Å². The highest BCUT2D eigenvalue weighted by molar-refractivity contribution is 5.79. The van der Waals surface area contributed by atoms with Crippen LogP contribution in [0.15, 0.2) is 24.3 Å². The van der Waals surface area contributed by atoms with Crippen LogP contribution in [0.2, 0.25) is 0 Å². The number of hydrogen-bond acceptors (Lipinski definition) is 5. The van der Waals surface area contributed by atoms with Crippen LogP contribution in [-0.2, 0) is 20.7 Å². The van der Waals surface area contributed by atoms with Crippen molar-refractivity contribution in [1.82, 2.24) is 5.32 Å². The number of nitro benzene ring substituents is 1. The summed E-state index contributed by atoms with van der Waals surface area (Å²) >= 11 is 0.